The minimum absolute atomic E-state index is 0.327. The van der Waals surface area contributed by atoms with E-state index in [1.54, 1.807) is 6.92 Å². The van der Waals surface area contributed by atoms with Gasteiger partial charge in [-0.05, 0) is 30.0 Å². The fraction of sp³-hybridized carbons (Fsp3) is 0.211. The number of rotatable bonds is 4. The van der Waals surface area contributed by atoms with Crippen molar-refractivity contribution in [3.05, 3.63) is 60.2 Å². The second kappa shape index (κ2) is 6.28. The molecule has 1 saturated heterocycles. The van der Waals surface area contributed by atoms with E-state index >= 15 is 0 Å². The van der Waals surface area contributed by atoms with Gasteiger partial charge in [-0.15, -0.1) is 5.01 Å². The lowest BCUT2D eigenvalue weighted by molar-refractivity contribution is -0.130. The molecule has 1 fully saturated rings. The first-order chi connectivity index (χ1) is 11.5. The summed E-state index contributed by atoms with van der Waals surface area (Å²) in [6, 6.07) is 17.3. The predicted molar refractivity (Wildman–Crippen MR) is 93.5 cm³/mol. The Kier molecular flexibility index (Phi) is 4.16. The molecule has 0 saturated carbocycles. The molecule has 24 heavy (non-hydrogen) atoms. The largest absolute Gasteiger partial charge is 0.346 e. The summed E-state index contributed by atoms with van der Waals surface area (Å²) in [7, 11) is 0. The van der Waals surface area contributed by atoms with Crippen LogP contribution in [0.25, 0.3) is 11.1 Å². The van der Waals surface area contributed by atoms with Crippen molar-refractivity contribution >= 4 is 18.2 Å². The van der Waals surface area contributed by atoms with Crippen molar-refractivity contribution in [3.8, 4) is 11.1 Å². The van der Waals surface area contributed by atoms with E-state index in [-0.39, 0.29) is 5.91 Å². The second-order valence-electron chi connectivity index (χ2n) is 5.97. The molecule has 2 aromatic rings. The van der Waals surface area contributed by atoms with E-state index in [1.807, 2.05) is 61.5 Å². The smallest absolute Gasteiger partial charge is 0.322 e. The van der Waals surface area contributed by atoms with Crippen LogP contribution in [0.5, 0.6) is 0 Å². The molecule has 122 valence electrons. The number of hydrogen-bond donors (Lipinski definition) is 1. The van der Waals surface area contributed by atoms with Crippen LogP contribution in [0.3, 0.4) is 0 Å². The Balaban J connectivity index is 1.76. The normalized spacial score (nSPS) is 20.7. The standard InChI is InChI=1S/C19H19N3O2/c1-3-19(2)17(23)22(18(24)21-19)20-13-14-9-11-16(12-10-14)15-7-5-4-6-8-15/h4-13H,3H2,1-2H3,(H,21,24)/b20-13+. The monoisotopic (exact) mass is 321 g/mol. The number of hydrazone groups is 1. The summed E-state index contributed by atoms with van der Waals surface area (Å²) in [4.78, 5) is 24.2. The van der Waals surface area contributed by atoms with Gasteiger partial charge in [0.2, 0.25) is 0 Å². The first-order valence-electron chi connectivity index (χ1n) is 7.90. The van der Waals surface area contributed by atoms with E-state index in [2.05, 4.69) is 10.4 Å². The summed E-state index contributed by atoms with van der Waals surface area (Å²) in [5.74, 6) is -0.327. The number of benzene rings is 2. The number of carbonyl (C=O) groups excluding carboxylic acids is 2. The van der Waals surface area contributed by atoms with Gasteiger partial charge in [-0.3, -0.25) is 4.79 Å². The minimum Gasteiger partial charge on any atom is -0.322 e. The summed E-state index contributed by atoms with van der Waals surface area (Å²) in [5, 5.41) is 7.62. The second-order valence-corrected chi connectivity index (χ2v) is 5.97. The molecule has 0 aliphatic carbocycles. The Morgan fingerprint density at radius 1 is 1.04 bits per heavy atom. The van der Waals surface area contributed by atoms with Crippen molar-refractivity contribution in [2.45, 2.75) is 25.8 Å². The molecule has 3 rings (SSSR count). The van der Waals surface area contributed by atoms with E-state index in [1.165, 1.54) is 6.21 Å². The molecule has 1 aliphatic rings. The van der Waals surface area contributed by atoms with Crippen LogP contribution in [0, 0.1) is 0 Å². The Morgan fingerprint density at radius 2 is 1.67 bits per heavy atom. The van der Waals surface area contributed by atoms with Gasteiger partial charge in [-0.2, -0.15) is 5.10 Å². The Morgan fingerprint density at radius 3 is 2.25 bits per heavy atom. The highest BCUT2D eigenvalue weighted by atomic mass is 16.2. The maximum atomic E-state index is 12.3. The molecule has 1 N–H and O–H groups in total. The van der Waals surface area contributed by atoms with Crippen molar-refractivity contribution in [1.29, 1.82) is 0 Å². The van der Waals surface area contributed by atoms with Crippen LogP contribution in [-0.2, 0) is 4.79 Å². The molecular weight excluding hydrogens is 302 g/mol. The van der Waals surface area contributed by atoms with E-state index in [4.69, 9.17) is 0 Å². The Bertz CT molecular complexity index is 784. The zero-order valence-corrected chi connectivity index (χ0v) is 13.7. The lowest BCUT2D eigenvalue weighted by Crippen LogP contribution is -2.42. The molecule has 0 spiro atoms. The SMILES string of the molecule is CCC1(C)NC(=O)N(/N=C/c2ccc(-c3ccccc3)cc2)C1=O. The van der Waals surface area contributed by atoms with Crippen LogP contribution in [0.4, 0.5) is 4.79 Å². The number of carbonyl (C=O) groups is 2. The first kappa shape index (κ1) is 15.9. The van der Waals surface area contributed by atoms with Crippen molar-refractivity contribution in [2.75, 3.05) is 0 Å². The van der Waals surface area contributed by atoms with Gasteiger partial charge in [0.15, 0.2) is 0 Å². The van der Waals surface area contributed by atoms with Crippen molar-refractivity contribution in [3.63, 3.8) is 0 Å². The molecule has 0 aromatic heterocycles. The fourth-order valence-corrected chi connectivity index (χ4v) is 2.53. The number of nitrogens with one attached hydrogen (secondary N) is 1. The maximum Gasteiger partial charge on any atom is 0.346 e. The van der Waals surface area contributed by atoms with E-state index < -0.39 is 11.6 Å². The van der Waals surface area contributed by atoms with Crippen molar-refractivity contribution < 1.29 is 9.59 Å². The molecule has 1 unspecified atom stereocenters. The quantitative estimate of drug-likeness (QED) is 0.693. The molecule has 2 aromatic carbocycles. The third kappa shape index (κ3) is 2.93. The summed E-state index contributed by atoms with van der Waals surface area (Å²) in [6.45, 7) is 3.56. The lowest BCUT2D eigenvalue weighted by Gasteiger charge is -2.17. The van der Waals surface area contributed by atoms with Gasteiger partial charge in [0, 0.05) is 0 Å². The Labute approximate surface area is 141 Å². The predicted octanol–water partition coefficient (Wildman–Crippen LogP) is 3.41. The van der Waals surface area contributed by atoms with Crippen LogP contribution < -0.4 is 5.32 Å². The molecule has 5 nitrogen and oxygen atoms in total. The molecule has 1 aliphatic heterocycles. The van der Waals surface area contributed by atoms with Gasteiger partial charge in [0.1, 0.15) is 5.54 Å². The first-order valence-corrected chi connectivity index (χ1v) is 7.90. The number of urea groups is 1. The zero-order valence-electron chi connectivity index (χ0n) is 13.7. The number of hydrogen-bond acceptors (Lipinski definition) is 3. The van der Waals surface area contributed by atoms with Crippen molar-refractivity contribution in [1.82, 2.24) is 10.3 Å². The third-order valence-corrected chi connectivity index (χ3v) is 4.29. The van der Waals surface area contributed by atoms with Crippen LogP contribution in [0.1, 0.15) is 25.8 Å². The summed E-state index contributed by atoms with van der Waals surface area (Å²) in [6.07, 6.45) is 2.04. The summed E-state index contributed by atoms with van der Waals surface area (Å²) >= 11 is 0. The summed E-state index contributed by atoms with van der Waals surface area (Å²) < 4.78 is 0. The Hall–Kier alpha value is -2.95. The molecule has 1 atom stereocenters. The highest BCUT2D eigenvalue weighted by molar-refractivity contribution is 6.07. The molecule has 1 heterocycles. The van der Waals surface area contributed by atoms with Gasteiger partial charge in [0.05, 0.1) is 6.21 Å². The lowest BCUT2D eigenvalue weighted by atomic mass is 10.00. The highest BCUT2D eigenvalue weighted by Gasteiger charge is 2.46. The van der Waals surface area contributed by atoms with Crippen molar-refractivity contribution in [2.24, 2.45) is 5.10 Å². The van der Waals surface area contributed by atoms with Gasteiger partial charge in [0.25, 0.3) is 5.91 Å². The number of amides is 3. The van der Waals surface area contributed by atoms with Gasteiger partial charge in [-0.25, -0.2) is 4.79 Å². The van der Waals surface area contributed by atoms with E-state index in [9.17, 15) is 9.59 Å². The summed E-state index contributed by atoms with van der Waals surface area (Å²) in [5.41, 5.74) is 2.18. The fourth-order valence-electron chi connectivity index (χ4n) is 2.53. The highest BCUT2D eigenvalue weighted by Crippen LogP contribution is 2.21. The van der Waals surface area contributed by atoms with E-state index in [0.29, 0.717) is 6.42 Å². The number of imide groups is 1. The van der Waals surface area contributed by atoms with Crippen LogP contribution in [0.15, 0.2) is 59.7 Å². The van der Waals surface area contributed by atoms with Gasteiger partial charge in [-0.1, -0.05) is 61.5 Å². The molecular formula is C19H19N3O2. The molecule has 0 radical (unpaired) electrons. The molecule has 5 heteroatoms. The zero-order chi connectivity index (χ0) is 17.2. The third-order valence-electron chi connectivity index (χ3n) is 4.29. The number of nitrogens with zero attached hydrogens (tertiary/aromatic N) is 2. The van der Waals surface area contributed by atoms with Crippen LogP contribution >= 0.6 is 0 Å². The topological polar surface area (TPSA) is 61.8 Å². The van der Waals surface area contributed by atoms with Crippen LogP contribution in [0.2, 0.25) is 0 Å². The van der Waals surface area contributed by atoms with Gasteiger partial charge < -0.3 is 5.32 Å². The molecule has 0 bridgehead atoms. The van der Waals surface area contributed by atoms with Crippen LogP contribution in [-0.4, -0.2) is 28.7 Å². The maximum absolute atomic E-state index is 12.3. The minimum atomic E-state index is -0.869. The average molecular weight is 321 g/mol. The van der Waals surface area contributed by atoms with E-state index in [0.717, 1.165) is 21.7 Å². The average Bonchev–Trinajstić information content (AvgIpc) is 2.84. The molecule has 3 amide bonds. The van der Waals surface area contributed by atoms with Gasteiger partial charge >= 0.3 is 6.03 Å².